The number of ether oxygens (including phenoxy) is 2. The van der Waals surface area contributed by atoms with Crippen molar-refractivity contribution >= 4 is 0 Å². The minimum atomic E-state index is 0.659. The van der Waals surface area contributed by atoms with Gasteiger partial charge in [0.25, 0.3) is 0 Å². The van der Waals surface area contributed by atoms with E-state index in [9.17, 15) is 0 Å². The largest absolute Gasteiger partial charge is 0.385 e. The van der Waals surface area contributed by atoms with Crippen LogP contribution >= 0.6 is 0 Å². The molecular weight excluding hydrogens is 216 g/mol. The number of hydrogen-bond donors (Lipinski definition) is 1. The first-order valence-electron chi connectivity index (χ1n) is 6.77. The molecule has 1 heterocycles. The molecule has 4 heteroatoms. The lowest BCUT2D eigenvalue weighted by Gasteiger charge is -2.38. The van der Waals surface area contributed by atoms with Crippen LogP contribution in [0.4, 0.5) is 0 Å². The second-order valence-electron chi connectivity index (χ2n) is 5.01. The summed E-state index contributed by atoms with van der Waals surface area (Å²) in [6, 6.07) is 0.659. The Bertz CT molecular complexity index is 188. The van der Waals surface area contributed by atoms with Gasteiger partial charge in [-0.3, -0.25) is 4.90 Å². The zero-order chi connectivity index (χ0) is 12.5. The molecule has 1 aliphatic heterocycles. The Morgan fingerprint density at radius 2 is 2.12 bits per heavy atom. The second-order valence-corrected chi connectivity index (χ2v) is 5.01. The number of nitrogens with one attached hydrogen (secondary N) is 1. The zero-order valence-corrected chi connectivity index (χ0v) is 11.6. The van der Waals surface area contributed by atoms with Crippen LogP contribution in [-0.4, -0.2) is 64.1 Å². The Hall–Kier alpha value is -0.160. The Balaban J connectivity index is 2.11. The third-order valence-electron chi connectivity index (χ3n) is 3.33. The van der Waals surface area contributed by atoms with E-state index in [1.807, 2.05) is 0 Å². The van der Waals surface area contributed by atoms with Gasteiger partial charge in [0, 0.05) is 52.5 Å². The molecule has 102 valence electrons. The van der Waals surface area contributed by atoms with E-state index in [2.05, 4.69) is 24.1 Å². The highest BCUT2D eigenvalue weighted by Crippen LogP contribution is 2.12. The molecule has 0 aromatic heterocycles. The summed E-state index contributed by atoms with van der Waals surface area (Å²) in [5, 5.41) is 3.47. The highest BCUT2D eigenvalue weighted by atomic mass is 16.5. The van der Waals surface area contributed by atoms with Crippen molar-refractivity contribution in [2.45, 2.75) is 26.3 Å². The fourth-order valence-corrected chi connectivity index (χ4v) is 2.29. The van der Waals surface area contributed by atoms with Gasteiger partial charge in [0.15, 0.2) is 0 Å². The SMILES string of the molecule is COCCCOCCN1CCNCC1C(C)C. The fraction of sp³-hybridized carbons (Fsp3) is 1.00. The molecule has 1 fully saturated rings. The molecule has 17 heavy (non-hydrogen) atoms. The van der Waals surface area contributed by atoms with Crippen LogP contribution in [0.15, 0.2) is 0 Å². The van der Waals surface area contributed by atoms with E-state index >= 15 is 0 Å². The van der Waals surface area contributed by atoms with E-state index in [0.717, 1.165) is 52.4 Å². The highest BCUT2D eigenvalue weighted by molar-refractivity contribution is 4.81. The van der Waals surface area contributed by atoms with Crippen molar-refractivity contribution < 1.29 is 9.47 Å². The van der Waals surface area contributed by atoms with E-state index in [4.69, 9.17) is 9.47 Å². The van der Waals surface area contributed by atoms with Gasteiger partial charge in [0.2, 0.25) is 0 Å². The lowest BCUT2D eigenvalue weighted by Crippen LogP contribution is -2.54. The number of methoxy groups -OCH3 is 1. The molecule has 0 amide bonds. The molecule has 0 radical (unpaired) electrons. The minimum Gasteiger partial charge on any atom is -0.385 e. The number of hydrogen-bond acceptors (Lipinski definition) is 4. The first kappa shape index (κ1) is 14.9. The standard InChI is InChI=1S/C13H28N2O2/c1-12(2)13-11-14-5-6-15(13)7-10-17-9-4-8-16-3/h12-14H,4-11H2,1-3H3. The van der Waals surface area contributed by atoms with E-state index in [0.29, 0.717) is 12.0 Å². The van der Waals surface area contributed by atoms with Gasteiger partial charge >= 0.3 is 0 Å². The maximum Gasteiger partial charge on any atom is 0.0593 e. The third kappa shape index (κ3) is 5.82. The first-order valence-corrected chi connectivity index (χ1v) is 6.77. The molecule has 1 saturated heterocycles. The van der Waals surface area contributed by atoms with Crippen molar-refractivity contribution in [2.24, 2.45) is 5.92 Å². The summed E-state index contributed by atoms with van der Waals surface area (Å²) in [6.45, 7) is 11.5. The van der Waals surface area contributed by atoms with Gasteiger partial charge in [-0.1, -0.05) is 13.8 Å². The third-order valence-corrected chi connectivity index (χ3v) is 3.33. The molecule has 0 saturated carbocycles. The van der Waals surface area contributed by atoms with Gasteiger partial charge in [-0.25, -0.2) is 0 Å². The lowest BCUT2D eigenvalue weighted by atomic mass is 10.0. The van der Waals surface area contributed by atoms with Crippen molar-refractivity contribution in [3.8, 4) is 0 Å². The van der Waals surface area contributed by atoms with E-state index < -0.39 is 0 Å². The molecular formula is C13H28N2O2. The van der Waals surface area contributed by atoms with Crippen LogP contribution in [0.1, 0.15) is 20.3 Å². The predicted molar refractivity (Wildman–Crippen MR) is 70.4 cm³/mol. The molecule has 1 aliphatic rings. The molecule has 0 aliphatic carbocycles. The quantitative estimate of drug-likeness (QED) is 0.645. The average molecular weight is 244 g/mol. The molecule has 4 nitrogen and oxygen atoms in total. The summed E-state index contributed by atoms with van der Waals surface area (Å²) in [5.74, 6) is 0.705. The van der Waals surface area contributed by atoms with Crippen LogP contribution in [0.25, 0.3) is 0 Å². The number of nitrogens with zero attached hydrogens (tertiary/aromatic N) is 1. The zero-order valence-electron chi connectivity index (χ0n) is 11.6. The van der Waals surface area contributed by atoms with Gasteiger partial charge in [-0.15, -0.1) is 0 Å². The van der Waals surface area contributed by atoms with E-state index in [1.165, 1.54) is 0 Å². The van der Waals surface area contributed by atoms with Crippen molar-refractivity contribution in [1.29, 1.82) is 0 Å². The summed E-state index contributed by atoms with van der Waals surface area (Å²) >= 11 is 0. The average Bonchev–Trinajstić information content (AvgIpc) is 2.34. The normalized spacial score (nSPS) is 22.2. The van der Waals surface area contributed by atoms with Crippen LogP contribution in [0.5, 0.6) is 0 Å². The maximum atomic E-state index is 5.62. The van der Waals surface area contributed by atoms with Gasteiger partial charge in [0.05, 0.1) is 6.61 Å². The lowest BCUT2D eigenvalue weighted by molar-refractivity contribution is 0.0545. The monoisotopic (exact) mass is 244 g/mol. The molecule has 0 spiro atoms. The van der Waals surface area contributed by atoms with E-state index in [1.54, 1.807) is 7.11 Å². The number of piperazine rings is 1. The Morgan fingerprint density at radius 1 is 1.29 bits per heavy atom. The minimum absolute atomic E-state index is 0.659. The predicted octanol–water partition coefficient (Wildman–Crippen LogP) is 0.969. The summed E-state index contributed by atoms with van der Waals surface area (Å²) in [5.41, 5.74) is 0. The molecule has 1 atom stereocenters. The summed E-state index contributed by atoms with van der Waals surface area (Å²) in [7, 11) is 1.73. The molecule has 1 rings (SSSR count). The van der Waals surface area contributed by atoms with Crippen LogP contribution in [0.3, 0.4) is 0 Å². The van der Waals surface area contributed by atoms with Crippen molar-refractivity contribution in [1.82, 2.24) is 10.2 Å². The maximum absolute atomic E-state index is 5.62. The fourth-order valence-electron chi connectivity index (χ4n) is 2.29. The second kappa shape index (κ2) is 8.86. The van der Waals surface area contributed by atoms with Crippen molar-refractivity contribution in [2.75, 3.05) is 53.1 Å². The summed E-state index contributed by atoms with van der Waals surface area (Å²) in [4.78, 5) is 2.55. The van der Waals surface area contributed by atoms with Crippen molar-refractivity contribution in [3.63, 3.8) is 0 Å². The Labute approximate surface area is 106 Å². The molecule has 1 unspecified atom stereocenters. The van der Waals surface area contributed by atoms with Gasteiger partial charge < -0.3 is 14.8 Å². The highest BCUT2D eigenvalue weighted by Gasteiger charge is 2.24. The van der Waals surface area contributed by atoms with E-state index in [-0.39, 0.29) is 0 Å². The van der Waals surface area contributed by atoms with Gasteiger partial charge in [-0.2, -0.15) is 0 Å². The Kier molecular flexibility index (Phi) is 7.77. The first-order chi connectivity index (χ1) is 8.25. The van der Waals surface area contributed by atoms with Crippen LogP contribution in [0, 0.1) is 5.92 Å². The van der Waals surface area contributed by atoms with Crippen LogP contribution in [0.2, 0.25) is 0 Å². The summed E-state index contributed by atoms with van der Waals surface area (Å²) in [6.07, 6.45) is 0.992. The molecule has 0 aromatic carbocycles. The van der Waals surface area contributed by atoms with Crippen LogP contribution in [-0.2, 0) is 9.47 Å². The van der Waals surface area contributed by atoms with Crippen LogP contribution < -0.4 is 5.32 Å². The molecule has 0 bridgehead atoms. The molecule has 1 N–H and O–H groups in total. The van der Waals surface area contributed by atoms with Gasteiger partial charge in [-0.05, 0) is 12.3 Å². The van der Waals surface area contributed by atoms with Crippen molar-refractivity contribution in [3.05, 3.63) is 0 Å². The topological polar surface area (TPSA) is 33.7 Å². The summed E-state index contributed by atoms with van der Waals surface area (Å²) < 4.78 is 10.6. The molecule has 0 aromatic rings. The Morgan fingerprint density at radius 3 is 2.82 bits per heavy atom. The smallest absolute Gasteiger partial charge is 0.0593 e. The number of rotatable bonds is 8. The van der Waals surface area contributed by atoms with Gasteiger partial charge in [0.1, 0.15) is 0 Å².